The van der Waals surface area contributed by atoms with Crippen molar-refractivity contribution < 1.29 is 39.5 Å². The molecule has 0 heterocycles. The molecule has 0 radical (unpaired) electrons. The maximum atomic E-state index is 13.5. The number of alkyl halides is 6. The molecule has 0 saturated carbocycles. The Morgan fingerprint density at radius 3 is 2.06 bits per heavy atom. The molecule has 0 amide bonds. The summed E-state index contributed by atoms with van der Waals surface area (Å²) in [4.78, 5) is -1.02. The van der Waals surface area contributed by atoms with Gasteiger partial charge in [-0.2, -0.15) is 13.2 Å². The van der Waals surface area contributed by atoms with Gasteiger partial charge in [0.05, 0.1) is 10.6 Å². The van der Waals surface area contributed by atoms with Gasteiger partial charge in [0.15, 0.2) is 0 Å². The van der Waals surface area contributed by atoms with Gasteiger partial charge in [-0.15, -0.1) is 13.2 Å². The largest absolute Gasteiger partial charge is 0.573 e. The lowest BCUT2D eigenvalue weighted by Crippen LogP contribution is -2.40. The van der Waals surface area contributed by atoms with Crippen LogP contribution in [0.4, 0.5) is 32.0 Å². The molecule has 0 unspecified atom stereocenters. The summed E-state index contributed by atoms with van der Waals surface area (Å²) in [6.07, 6.45) is -10.2. The van der Waals surface area contributed by atoms with Crippen molar-refractivity contribution in [1.82, 2.24) is 4.72 Å². The molecule has 172 valence electrons. The van der Waals surface area contributed by atoms with Gasteiger partial charge >= 0.3 is 12.5 Å². The van der Waals surface area contributed by atoms with Crippen LogP contribution >= 0.6 is 11.6 Å². The van der Waals surface area contributed by atoms with Crippen LogP contribution in [0.15, 0.2) is 35.2 Å². The van der Waals surface area contributed by atoms with E-state index in [1.165, 1.54) is 20.8 Å². The fourth-order valence-corrected chi connectivity index (χ4v) is 4.59. The number of rotatable bonds is 4. The van der Waals surface area contributed by atoms with E-state index < -0.39 is 60.5 Å². The predicted molar refractivity (Wildman–Crippen MR) is 103 cm³/mol. The Kier molecular flexibility index (Phi) is 6.52. The summed E-state index contributed by atoms with van der Waals surface area (Å²) < 4.78 is 110. The standard InChI is InChI=1S/C18H17ClF6N2O3S/c1-16(2,3)27-31(28,29)14-6-9(4-5-13(14)30-18(23,24)25)15-11(17(20,21)22)7-10(26)8-12(15)19/h4-8,27H,26H2,1-3H3. The van der Waals surface area contributed by atoms with E-state index in [0.29, 0.717) is 18.2 Å². The van der Waals surface area contributed by atoms with Crippen molar-refractivity contribution >= 4 is 27.3 Å². The van der Waals surface area contributed by atoms with Gasteiger partial charge in [-0.05, 0) is 50.6 Å². The maximum absolute atomic E-state index is 13.5. The number of halogens is 7. The van der Waals surface area contributed by atoms with Gasteiger partial charge in [-0.25, -0.2) is 13.1 Å². The number of nitrogens with one attached hydrogen (secondary N) is 1. The third-order valence-electron chi connectivity index (χ3n) is 3.61. The zero-order valence-corrected chi connectivity index (χ0v) is 17.8. The number of hydrogen-bond acceptors (Lipinski definition) is 4. The number of ether oxygens (including phenoxy) is 1. The minimum absolute atomic E-state index is 0.305. The van der Waals surface area contributed by atoms with Crippen LogP contribution in [0.5, 0.6) is 5.75 Å². The van der Waals surface area contributed by atoms with Crippen molar-refractivity contribution in [3.63, 3.8) is 0 Å². The first-order valence-electron chi connectivity index (χ1n) is 8.40. The van der Waals surface area contributed by atoms with Crippen LogP contribution in [-0.2, 0) is 16.2 Å². The minimum atomic E-state index is -5.25. The highest BCUT2D eigenvalue weighted by Crippen LogP contribution is 2.44. The van der Waals surface area contributed by atoms with Crippen molar-refractivity contribution in [3.8, 4) is 16.9 Å². The highest BCUT2D eigenvalue weighted by atomic mass is 35.5. The average molecular weight is 491 g/mol. The maximum Gasteiger partial charge on any atom is 0.573 e. The molecule has 2 aromatic rings. The Bertz CT molecular complexity index is 1090. The number of nitrogen functional groups attached to an aromatic ring is 1. The molecule has 0 aliphatic heterocycles. The molecule has 0 spiro atoms. The number of nitrogens with two attached hydrogens (primary N) is 1. The smallest absolute Gasteiger partial charge is 0.404 e. The van der Waals surface area contributed by atoms with E-state index in [0.717, 1.165) is 12.1 Å². The first kappa shape index (κ1) is 25.1. The second-order valence-corrected chi connectivity index (χ2v) is 9.55. The fraction of sp³-hybridized carbons (Fsp3) is 0.333. The SMILES string of the molecule is CC(C)(C)NS(=O)(=O)c1cc(-c2c(Cl)cc(N)cc2C(F)(F)F)ccc1OC(F)(F)F. The van der Waals surface area contributed by atoms with Crippen LogP contribution < -0.4 is 15.2 Å². The molecule has 0 saturated heterocycles. The van der Waals surface area contributed by atoms with Crippen LogP contribution in [0.3, 0.4) is 0 Å². The van der Waals surface area contributed by atoms with Gasteiger partial charge in [0.25, 0.3) is 0 Å². The van der Waals surface area contributed by atoms with Crippen LogP contribution in [0.2, 0.25) is 5.02 Å². The Morgan fingerprint density at radius 2 is 1.58 bits per heavy atom. The lowest BCUT2D eigenvalue weighted by Gasteiger charge is -2.23. The van der Waals surface area contributed by atoms with Gasteiger partial charge < -0.3 is 10.5 Å². The van der Waals surface area contributed by atoms with Gasteiger partial charge in [-0.1, -0.05) is 17.7 Å². The van der Waals surface area contributed by atoms with Crippen LogP contribution in [-0.4, -0.2) is 20.3 Å². The number of anilines is 1. The third-order valence-corrected chi connectivity index (χ3v) is 5.68. The van der Waals surface area contributed by atoms with E-state index in [1.807, 2.05) is 0 Å². The Hall–Kier alpha value is -2.18. The molecule has 5 nitrogen and oxygen atoms in total. The molecular weight excluding hydrogens is 474 g/mol. The summed E-state index contributed by atoms with van der Waals surface area (Å²) in [7, 11) is -4.64. The normalized spacial score (nSPS) is 13.4. The summed E-state index contributed by atoms with van der Waals surface area (Å²) in [5, 5.41) is -0.469. The molecule has 31 heavy (non-hydrogen) atoms. The number of hydrogen-bond donors (Lipinski definition) is 2. The van der Waals surface area contributed by atoms with Gasteiger partial charge in [0.1, 0.15) is 10.6 Å². The van der Waals surface area contributed by atoms with E-state index >= 15 is 0 Å². The minimum Gasteiger partial charge on any atom is -0.404 e. The second kappa shape index (κ2) is 8.06. The lowest BCUT2D eigenvalue weighted by atomic mass is 9.98. The monoisotopic (exact) mass is 490 g/mol. The van der Waals surface area contributed by atoms with Crippen LogP contribution in [0.25, 0.3) is 11.1 Å². The molecule has 0 atom stereocenters. The lowest BCUT2D eigenvalue weighted by molar-refractivity contribution is -0.275. The topological polar surface area (TPSA) is 81.4 Å². The zero-order chi connectivity index (χ0) is 24.0. The summed E-state index contributed by atoms with van der Waals surface area (Å²) in [6, 6.07) is 3.66. The van der Waals surface area contributed by atoms with E-state index in [1.54, 1.807) is 0 Å². The van der Waals surface area contributed by atoms with Gasteiger partial charge in [0.2, 0.25) is 10.0 Å². The quantitative estimate of drug-likeness (QED) is 0.433. The van der Waals surface area contributed by atoms with Crippen molar-refractivity contribution in [2.45, 2.75) is 43.7 Å². The summed E-state index contributed by atoms with van der Waals surface area (Å²) in [5.74, 6) is -1.12. The Labute approximate surface area is 179 Å². The highest BCUT2D eigenvalue weighted by Gasteiger charge is 2.38. The van der Waals surface area contributed by atoms with E-state index in [4.69, 9.17) is 17.3 Å². The van der Waals surface area contributed by atoms with Crippen LogP contribution in [0.1, 0.15) is 26.3 Å². The fourth-order valence-electron chi connectivity index (χ4n) is 2.69. The van der Waals surface area contributed by atoms with Crippen LogP contribution in [0, 0.1) is 0 Å². The molecule has 0 fully saturated rings. The van der Waals surface area contributed by atoms with Gasteiger partial charge in [0, 0.05) is 16.8 Å². The second-order valence-electron chi connectivity index (χ2n) is 7.49. The Balaban J connectivity index is 2.83. The molecule has 0 aromatic heterocycles. The zero-order valence-electron chi connectivity index (χ0n) is 16.2. The molecule has 0 bridgehead atoms. The predicted octanol–water partition coefficient (Wildman–Crippen LogP) is 5.58. The van der Waals surface area contributed by atoms with Crippen molar-refractivity contribution in [2.24, 2.45) is 0 Å². The average Bonchev–Trinajstić information content (AvgIpc) is 2.50. The first-order valence-corrected chi connectivity index (χ1v) is 10.3. The highest BCUT2D eigenvalue weighted by molar-refractivity contribution is 7.89. The van der Waals surface area contributed by atoms with E-state index in [9.17, 15) is 34.8 Å². The molecular formula is C18H17ClF6N2O3S. The molecule has 2 aromatic carbocycles. The molecule has 13 heteroatoms. The summed E-state index contributed by atoms with van der Waals surface area (Å²) in [5.41, 5.74) is 1.68. The van der Waals surface area contributed by atoms with E-state index in [-0.39, 0.29) is 5.69 Å². The van der Waals surface area contributed by atoms with Crippen molar-refractivity contribution in [3.05, 3.63) is 40.9 Å². The third kappa shape index (κ3) is 6.40. The van der Waals surface area contributed by atoms with Gasteiger partial charge in [-0.3, -0.25) is 0 Å². The summed E-state index contributed by atoms with van der Waals surface area (Å²) in [6.45, 7) is 4.28. The molecule has 0 aliphatic carbocycles. The Morgan fingerprint density at radius 1 is 1.00 bits per heavy atom. The number of sulfonamides is 1. The molecule has 3 N–H and O–H groups in total. The molecule has 2 rings (SSSR count). The van der Waals surface area contributed by atoms with E-state index in [2.05, 4.69) is 9.46 Å². The van der Waals surface area contributed by atoms with Crippen molar-refractivity contribution in [2.75, 3.05) is 5.73 Å². The van der Waals surface area contributed by atoms with Crippen molar-refractivity contribution in [1.29, 1.82) is 0 Å². The number of benzene rings is 2. The molecule has 0 aliphatic rings. The summed E-state index contributed by atoms with van der Waals surface area (Å²) >= 11 is 5.94. The first-order chi connectivity index (χ1) is 13.8.